The van der Waals surface area contributed by atoms with Crippen LogP contribution in [0.4, 0.5) is 0 Å². The average molecular weight is 323 g/mol. The summed E-state index contributed by atoms with van der Waals surface area (Å²) in [5, 5.41) is 1.32. The van der Waals surface area contributed by atoms with Gasteiger partial charge in [0.2, 0.25) is 0 Å². The van der Waals surface area contributed by atoms with E-state index in [0.717, 1.165) is 5.33 Å². The first-order chi connectivity index (χ1) is 7.81. The second-order valence-electron chi connectivity index (χ2n) is 6.36. The highest BCUT2D eigenvalue weighted by Gasteiger charge is 2.37. The van der Waals surface area contributed by atoms with Crippen LogP contribution in [-0.2, 0) is 0 Å². The molecule has 0 atom stereocenters. The van der Waals surface area contributed by atoms with E-state index in [9.17, 15) is 4.80 Å². The van der Waals surface area contributed by atoms with Crippen LogP contribution in [0.25, 0.3) is 0 Å². The van der Waals surface area contributed by atoms with Gasteiger partial charge in [-0.2, -0.15) is 0 Å². The Labute approximate surface area is 118 Å². The smallest absolute Gasteiger partial charge is 0.188 e. The normalized spacial score (nSPS) is 13.1. The van der Waals surface area contributed by atoms with E-state index in [1.807, 2.05) is 0 Å². The van der Waals surface area contributed by atoms with E-state index in [4.69, 9.17) is 0 Å². The number of rotatable bonds is 10. The molecule has 0 aromatic rings. The van der Waals surface area contributed by atoms with E-state index in [2.05, 4.69) is 42.9 Å². The molecule has 0 aromatic carbocycles. The van der Waals surface area contributed by atoms with Gasteiger partial charge in [0.15, 0.2) is 8.32 Å². The third kappa shape index (κ3) is 8.39. The van der Waals surface area contributed by atoms with Crippen molar-refractivity contribution in [2.75, 3.05) is 5.33 Å². The molecule has 1 nitrogen and oxygen atoms in total. The maximum atomic E-state index is 10.2. The predicted octanol–water partition coefficient (Wildman–Crippen LogP) is 5.48. The van der Waals surface area contributed by atoms with Crippen LogP contribution in [-0.4, -0.2) is 18.4 Å². The Morgan fingerprint density at radius 2 is 1.29 bits per heavy atom. The van der Waals surface area contributed by atoms with Crippen molar-refractivity contribution in [2.24, 2.45) is 0 Å². The molecule has 0 aromatic heterocycles. The van der Waals surface area contributed by atoms with Crippen molar-refractivity contribution in [1.82, 2.24) is 0 Å². The van der Waals surface area contributed by atoms with Crippen LogP contribution in [0.1, 0.15) is 65.2 Å². The second-order valence-corrected chi connectivity index (χ2v) is 11.6. The third-order valence-corrected chi connectivity index (χ3v) is 8.21. The summed E-state index contributed by atoms with van der Waals surface area (Å²) in [5.41, 5.74) is 0. The molecule has 3 heteroatoms. The van der Waals surface area contributed by atoms with Crippen molar-refractivity contribution in [3.63, 3.8) is 0 Å². The van der Waals surface area contributed by atoms with Crippen molar-refractivity contribution in [3.8, 4) is 0 Å². The largest absolute Gasteiger partial charge is 0.432 e. The number of unbranched alkanes of at least 4 members (excludes halogenated alkanes) is 6. The van der Waals surface area contributed by atoms with Gasteiger partial charge in [0, 0.05) is 5.33 Å². The first-order valence-corrected chi connectivity index (χ1v) is 11.2. The number of alkyl halides is 1. The quantitative estimate of drug-likeness (QED) is 0.321. The molecule has 0 heterocycles. The molecule has 0 unspecified atom stereocenters. The summed E-state index contributed by atoms with van der Waals surface area (Å²) < 4.78 is 0. The third-order valence-electron chi connectivity index (χ3n) is 4.09. The number of hydrogen-bond donors (Lipinski definition) is 1. The fourth-order valence-electron chi connectivity index (χ4n) is 1.85. The molecule has 0 spiro atoms. The van der Waals surface area contributed by atoms with E-state index in [0.29, 0.717) is 0 Å². The molecule has 0 fully saturated rings. The zero-order chi connectivity index (χ0) is 13.4. The Bertz CT molecular complexity index is 187. The zero-order valence-electron chi connectivity index (χ0n) is 12.2. The number of hydrogen-bond acceptors (Lipinski definition) is 1. The van der Waals surface area contributed by atoms with Gasteiger partial charge in [-0.1, -0.05) is 68.3 Å². The first kappa shape index (κ1) is 17.7. The summed E-state index contributed by atoms with van der Waals surface area (Å²) in [6.45, 7) is 8.59. The summed E-state index contributed by atoms with van der Waals surface area (Å²) >= 11 is 3.46. The van der Waals surface area contributed by atoms with Crippen LogP contribution >= 0.6 is 15.9 Å². The summed E-state index contributed by atoms with van der Waals surface area (Å²) in [7, 11) is -1.98. The van der Waals surface area contributed by atoms with E-state index in [1.54, 1.807) is 0 Å². The van der Waals surface area contributed by atoms with Gasteiger partial charge in [0.25, 0.3) is 0 Å². The Balaban J connectivity index is 3.46. The highest BCUT2D eigenvalue weighted by molar-refractivity contribution is 9.09. The van der Waals surface area contributed by atoms with E-state index >= 15 is 0 Å². The predicted molar refractivity (Wildman–Crippen MR) is 84.5 cm³/mol. The topological polar surface area (TPSA) is 20.2 Å². The van der Waals surface area contributed by atoms with Crippen molar-refractivity contribution >= 4 is 24.2 Å². The summed E-state index contributed by atoms with van der Waals surface area (Å²) in [6, 6.07) is 0. The van der Waals surface area contributed by atoms with Gasteiger partial charge in [-0.25, -0.2) is 0 Å². The minimum absolute atomic E-state index is 0.170. The van der Waals surface area contributed by atoms with E-state index < -0.39 is 8.32 Å². The Hall–Kier alpha value is 0.657. The molecular weight excluding hydrogens is 292 g/mol. The minimum Gasteiger partial charge on any atom is -0.432 e. The second kappa shape index (κ2) is 8.71. The lowest BCUT2D eigenvalue weighted by Gasteiger charge is -2.35. The Kier molecular flexibility index (Phi) is 9.04. The van der Waals surface area contributed by atoms with Crippen molar-refractivity contribution < 1.29 is 4.80 Å². The lowest BCUT2D eigenvalue weighted by molar-refractivity contribution is 0.433. The molecule has 1 N–H and O–H groups in total. The fourth-order valence-corrected chi connectivity index (χ4v) is 3.04. The molecule has 0 amide bonds. The van der Waals surface area contributed by atoms with Crippen molar-refractivity contribution in [1.29, 1.82) is 0 Å². The van der Waals surface area contributed by atoms with Gasteiger partial charge in [-0.15, -0.1) is 0 Å². The SMILES string of the molecule is CC(C)(CCCCCCCCCBr)[Si](C)(C)O. The van der Waals surface area contributed by atoms with Gasteiger partial charge >= 0.3 is 0 Å². The molecule has 104 valence electrons. The lowest BCUT2D eigenvalue weighted by Crippen LogP contribution is -2.38. The fraction of sp³-hybridized carbons (Fsp3) is 1.00. The maximum Gasteiger partial charge on any atom is 0.188 e. The Morgan fingerprint density at radius 1 is 0.882 bits per heavy atom. The average Bonchev–Trinajstić information content (AvgIpc) is 2.20. The molecule has 17 heavy (non-hydrogen) atoms. The zero-order valence-corrected chi connectivity index (χ0v) is 14.8. The Morgan fingerprint density at radius 3 is 1.71 bits per heavy atom. The van der Waals surface area contributed by atoms with Gasteiger partial charge in [0.1, 0.15) is 0 Å². The molecule has 0 radical (unpaired) electrons. The first-order valence-electron chi connectivity index (χ1n) is 7.09. The van der Waals surface area contributed by atoms with Crippen LogP contribution in [0.5, 0.6) is 0 Å². The van der Waals surface area contributed by atoms with Crippen LogP contribution in [0.15, 0.2) is 0 Å². The van der Waals surface area contributed by atoms with Crippen molar-refractivity contribution in [3.05, 3.63) is 0 Å². The van der Waals surface area contributed by atoms with Gasteiger partial charge in [-0.05, 0) is 31.0 Å². The van der Waals surface area contributed by atoms with E-state index in [-0.39, 0.29) is 5.04 Å². The maximum absolute atomic E-state index is 10.2. The molecule has 0 rings (SSSR count). The number of halogens is 1. The van der Waals surface area contributed by atoms with E-state index in [1.165, 1.54) is 51.4 Å². The van der Waals surface area contributed by atoms with Crippen molar-refractivity contribution in [2.45, 2.75) is 83.3 Å². The molecule has 0 aliphatic carbocycles. The molecule has 0 saturated carbocycles. The van der Waals surface area contributed by atoms with Gasteiger partial charge in [-0.3, -0.25) is 0 Å². The highest BCUT2D eigenvalue weighted by Crippen LogP contribution is 2.40. The minimum atomic E-state index is -1.98. The molecule has 0 saturated heterocycles. The molecular formula is C14H31BrOSi. The van der Waals surface area contributed by atoms with Crippen LogP contribution < -0.4 is 0 Å². The monoisotopic (exact) mass is 322 g/mol. The summed E-state index contributed by atoms with van der Waals surface area (Å²) in [5.74, 6) is 0. The lowest BCUT2D eigenvalue weighted by atomic mass is 10.0. The van der Waals surface area contributed by atoms with Gasteiger partial charge in [0.05, 0.1) is 0 Å². The van der Waals surface area contributed by atoms with Crippen LogP contribution in [0.3, 0.4) is 0 Å². The van der Waals surface area contributed by atoms with Gasteiger partial charge < -0.3 is 4.80 Å². The highest BCUT2D eigenvalue weighted by atomic mass is 79.9. The molecule has 0 bridgehead atoms. The standard InChI is InChI=1S/C14H31BrOSi/c1-14(2,17(3,4)16)12-10-8-6-5-7-9-11-13-15/h16H,5-13H2,1-4H3. The molecule has 0 aliphatic heterocycles. The summed E-state index contributed by atoms with van der Waals surface area (Å²) in [6.07, 6.45) is 10.6. The van der Waals surface area contributed by atoms with Crippen LogP contribution in [0.2, 0.25) is 18.1 Å². The summed E-state index contributed by atoms with van der Waals surface area (Å²) in [4.78, 5) is 10.2. The molecule has 0 aliphatic rings. The van der Waals surface area contributed by atoms with Crippen LogP contribution in [0, 0.1) is 0 Å².